The van der Waals surface area contributed by atoms with E-state index in [9.17, 15) is 0 Å². The van der Waals surface area contributed by atoms with E-state index in [2.05, 4.69) is 48.1 Å². The Morgan fingerprint density at radius 1 is 0.889 bits per heavy atom. The summed E-state index contributed by atoms with van der Waals surface area (Å²) in [4.78, 5) is 11.3. The highest BCUT2D eigenvalue weighted by Gasteiger charge is 2.19. The summed E-state index contributed by atoms with van der Waals surface area (Å²) in [6, 6.07) is 8.15. The minimum absolute atomic E-state index is 0.655. The van der Waals surface area contributed by atoms with Gasteiger partial charge in [0.05, 0.1) is 20.3 Å². The van der Waals surface area contributed by atoms with Gasteiger partial charge in [-0.2, -0.15) is 0 Å². The lowest BCUT2D eigenvalue weighted by molar-refractivity contribution is 0.122. The van der Waals surface area contributed by atoms with Crippen molar-refractivity contribution in [3.05, 3.63) is 36.0 Å². The second-order valence-corrected chi connectivity index (χ2v) is 6.82. The summed E-state index contributed by atoms with van der Waals surface area (Å²) in [6.45, 7) is 8.10. The van der Waals surface area contributed by atoms with Crippen LogP contribution in [0.1, 0.15) is 5.56 Å². The third kappa shape index (κ3) is 4.45. The van der Waals surface area contributed by atoms with Gasteiger partial charge in [0, 0.05) is 58.1 Å². The summed E-state index contributed by atoms with van der Waals surface area (Å²) in [7, 11) is 1.64. The van der Waals surface area contributed by atoms with Gasteiger partial charge >= 0.3 is 0 Å². The molecule has 2 aromatic heterocycles. The number of rotatable bonds is 5. The molecule has 8 nitrogen and oxygen atoms in total. The van der Waals surface area contributed by atoms with E-state index in [4.69, 9.17) is 9.47 Å². The maximum absolute atomic E-state index is 5.39. The minimum Gasteiger partial charge on any atom is -0.481 e. The van der Waals surface area contributed by atoms with Gasteiger partial charge in [-0.15, -0.1) is 10.2 Å². The Bertz CT molecular complexity index is 710. The molecule has 144 valence electrons. The van der Waals surface area contributed by atoms with Gasteiger partial charge < -0.3 is 19.3 Å². The third-order valence-corrected chi connectivity index (χ3v) is 5.08. The monoisotopic (exact) mass is 370 g/mol. The Kier molecular flexibility index (Phi) is 5.64. The van der Waals surface area contributed by atoms with Crippen molar-refractivity contribution in [3.8, 4) is 5.88 Å². The Morgan fingerprint density at radius 2 is 1.56 bits per heavy atom. The van der Waals surface area contributed by atoms with Crippen molar-refractivity contribution in [2.75, 3.05) is 69.4 Å². The average molecular weight is 370 g/mol. The second-order valence-electron chi connectivity index (χ2n) is 6.82. The van der Waals surface area contributed by atoms with Crippen molar-refractivity contribution in [2.24, 2.45) is 0 Å². The Balaban J connectivity index is 1.29. The van der Waals surface area contributed by atoms with Gasteiger partial charge in [-0.25, -0.2) is 4.98 Å². The van der Waals surface area contributed by atoms with Crippen LogP contribution in [0, 0.1) is 0 Å². The summed E-state index contributed by atoms with van der Waals surface area (Å²) in [5.74, 6) is 2.55. The predicted octanol–water partition coefficient (Wildman–Crippen LogP) is 1.04. The molecule has 2 aliphatic heterocycles. The zero-order valence-corrected chi connectivity index (χ0v) is 15.8. The maximum Gasteiger partial charge on any atom is 0.212 e. The van der Waals surface area contributed by atoms with Crippen LogP contribution in [0.4, 0.5) is 11.6 Å². The van der Waals surface area contributed by atoms with E-state index in [1.807, 2.05) is 12.3 Å². The third-order valence-electron chi connectivity index (χ3n) is 5.08. The fourth-order valence-electron chi connectivity index (χ4n) is 3.47. The van der Waals surface area contributed by atoms with E-state index in [0.29, 0.717) is 5.88 Å². The highest BCUT2D eigenvalue weighted by atomic mass is 16.5. The zero-order chi connectivity index (χ0) is 18.5. The first-order valence-electron chi connectivity index (χ1n) is 9.44. The topological polar surface area (TPSA) is 66.9 Å². The van der Waals surface area contributed by atoms with E-state index in [1.165, 1.54) is 5.56 Å². The molecule has 0 N–H and O–H groups in total. The maximum atomic E-state index is 5.39. The molecular formula is C19H26N6O2. The first kappa shape index (κ1) is 17.9. The van der Waals surface area contributed by atoms with Gasteiger partial charge in [-0.05, 0) is 17.7 Å². The molecule has 0 saturated carbocycles. The standard InChI is InChI=1S/C19H26N6O2/c1-26-19-5-2-16(14-20-19)15-23-6-8-24(9-7-23)17-3-4-18(22-21-17)25-10-12-27-13-11-25/h2-5,14H,6-13,15H2,1H3. The normalized spacial score (nSPS) is 18.6. The van der Waals surface area contributed by atoms with Gasteiger partial charge in [-0.1, -0.05) is 6.07 Å². The Hall–Kier alpha value is -2.45. The number of nitrogens with zero attached hydrogens (tertiary/aromatic N) is 6. The van der Waals surface area contributed by atoms with Crippen molar-refractivity contribution in [1.82, 2.24) is 20.1 Å². The number of anilines is 2. The van der Waals surface area contributed by atoms with Gasteiger partial charge in [0.1, 0.15) is 0 Å². The van der Waals surface area contributed by atoms with Crippen molar-refractivity contribution >= 4 is 11.6 Å². The Labute approximate surface area is 159 Å². The largest absolute Gasteiger partial charge is 0.481 e. The van der Waals surface area contributed by atoms with Crippen LogP contribution in [-0.4, -0.2) is 79.7 Å². The molecule has 0 aliphatic carbocycles. The van der Waals surface area contributed by atoms with Crippen LogP contribution in [0.2, 0.25) is 0 Å². The van der Waals surface area contributed by atoms with Crippen LogP contribution in [-0.2, 0) is 11.3 Å². The van der Waals surface area contributed by atoms with Crippen molar-refractivity contribution in [3.63, 3.8) is 0 Å². The number of hydrogen-bond donors (Lipinski definition) is 0. The van der Waals surface area contributed by atoms with Crippen molar-refractivity contribution < 1.29 is 9.47 Å². The first-order valence-corrected chi connectivity index (χ1v) is 9.44. The SMILES string of the molecule is COc1ccc(CN2CCN(c3ccc(N4CCOCC4)nn3)CC2)cn1. The molecular weight excluding hydrogens is 344 g/mol. The van der Waals surface area contributed by atoms with E-state index in [-0.39, 0.29) is 0 Å². The summed E-state index contributed by atoms with van der Waals surface area (Å²) < 4.78 is 10.5. The van der Waals surface area contributed by atoms with Crippen LogP contribution in [0.15, 0.2) is 30.5 Å². The number of hydrogen-bond acceptors (Lipinski definition) is 8. The van der Waals surface area contributed by atoms with Gasteiger partial charge in [0.15, 0.2) is 11.6 Å². The minimum atomic E-state index is 0.655. The summed E-state index contributed by atoms with van der Waals surface area (Å²) in [5, 5.41) is 8.88. The molecule has 2 saturated heterocycles. The van der Waals surface area contributed by atoms with Crippen LogP contribution in [0.5, 0.6) is 5.88 Å². The molecule has 0 unspecified atom stereocenters. The summed E-state index contributed by atoms with van der Waals surface area (Å²) >= 11 is 0. The molecule has 0 atom stereocenters. The molecule has 27 heavy (non-hydrogen) atoms. The van der Waals surface area contributed by atoms with Crippen LogP contribution in [0.3, 0.4) is 0 Å². The average Bonchev–Trinajstić information content (AvgIpc) is 2.76. The fraction of sp³-hybridized carbons (Fsp3) is 0.526. The van der Waals surface area contributed by atoms with Crippen LogP contribution in [0.25, 0.3) is 0 Å². The highest BCUT2D eigenvalue weighted by Crippen LogP contribution is 2.18. The number of aromatic nitrogens is 3. The van der Waals surface area contributed by atoms with Gasteiger partial charge in [-0.3, -0.25) is 4.90 Å². The van der Waals surface area contributed by atoms with Crippen LogP contribution >= 0.6 is 0 Å². The molecule has 8 heteroatoms. The second kappa shape index (κ2) is 8.49. The Morgan fingerprint density at radius 3 is 2.11 bits per heavy atom. The van der Waals surface area contributed by atoms with Crippen molar-refractivity contribution in [2.45, 2.75) is 6.54 Å². The molecule has 0 radical (unpaired) electrons. The quantitative estimate of drug-likeness (QED) is 0.773. The molecule has 2 aliphatic rings. The number of pyridine rings is 1. The van der Waals surface area contributed by atoms with E-state index < -0.39 is 0 Å². The first-order chi connectivity index (χ1) is 13.3. The number of methoxy groups -OCH3 is 1. The molecule has 4 heterocycles. The lowest BCUT2D eigenvalue weighted by Crippen LogP contribution is -2.46. The molecule has 4 rings (SSSR count). The predicted molar refractivity (Wildman–Crippen MR) is 103 cm³/mol. The zero-order valence-electron chi connectivity index (χ0n) is 15.8. The van der Waals surface area contributed by atoms with Crippen LogP contribution < -0.4 is 14.5 Å². The van der Waals surface area contributed by atoms with Gasteiger partial charge in [0.25, 0.3) is 0 Å². The van der Waals surface area contributed by atoms with E-state index in [0.717, 1.165) is 70.7 Å². The number of piperazine rings is 1. The molecule has 0 spiro atoms. The summed E-state index contributed by atoms with van der Waals surface area (Å²) in [5.41, 5.74) is 1.21. The van der Waals surface area contributed by atoms with Gasteiger partial charge in [0.2, 0.25) is 5.88 Å². The smallest absolute Gasteiger partial charge is 0.212 e. The number of morpholine rings is 1. The molecule has 0 bridgehead atoms. The molecule has 2 fully saturated rings. The number of ether oxygens (including phenoxy) is 2. The van der Waals surface area contributed by atoms with E-state index >= 15 is 0 Å². The molecule has 2 aromatic rings. The highest BCUT2D eigenvalue weighted by molar-refractivity contribution is 5.45. The molecule has 0 amide bonds. The summed E-state index contributed by atoms with van der Waals surface area (Å²) in [6.07, 6.45) is 1.89. The lowest BCUT2D eigenvalue weighted by Gasteiger charge is -2.35. The fourth-order valence-corrected chi connectivity index (χ4v) is 3.47. The molecule has 0 aromatic carbocycles. The van der Waals surface area contributed by atoms with Crippen molar-refractivity contribution in [1.29, 1.82) is 0 Å². The lowest BCUT2D eigenvalue weighted by atomic mass is 10.2. The van der Waals surface area contributed by atoms with E-state index in [1.54, 1.807) is 7.11 Å².